The number of hydrogen-bond acceptors (Lipinski definition) is 4. The maximum atomic E-state index is 12.0. The van der Waals surface area contributed by atoms with Crippen molar-refractivity contribution in [3.05, 3.63) is 97.1 Å². The smallest absolute Gasteiger partial charge is 0.410 e. The molecular weight excluding hydrogens is 398 g/mol. The number of para-hydroxylation sites is 1. The summed E-state index contributed by atoms with van der Waals surface area (Å²) in [6.45, 7) is 5.48. The Morgan fingerprint density at radius 1 is 0.781 bits per heavy atom. The SMILES string of the molecule is O=C(NC/C=C/CN1CCN(c2ccccc2)CC1)Oc1ccc(-c2ccccc2)cc1. The molecule has 32 heavy (non-hydrogen) atoms. The molecule has 1 N–H and O–H groups in total. The van der Waals surface area contributed by atoms with Gasteiger partial charge in [-0.2, -0.15) is 0 Å². The second-order valence-electron chi connectivity index (χ2n) is 7.76. The number of amides is 1. The second-order valence-corrected chi connectivity index (χ2v) is 7.76. The Bertz CT molecular complexity index is 996. The normalized spacial score (nSPS) is 14.4. The molecule has 4 rings (SSSR count). The molecule has 0 atom stereocenters. The summed E-state index contributed by atoms with van der Waals surface area (Å²) in [6.07, 6.45) is 3.63. The first-order chi connectivity index (χ1) is 15.8. The fraction of sp³-hybridized carbons (Fsp3) is 0.222. The van der Waals surface area contributed by atoms with Gasteiger partial charge in [-0.15, -0.1) is 0 Å². The van der Waals surface area contributed by atoms with Crippen LogP contribution in [0.15, 0.2) is 97.1 Å². The zero-order valence-corrected chi connectivity index (χ0v) is 18.2. The van der Waals surface area contributed by atoms with Crippen molar-refractivity contribution in [3.8, 4) is 16.9 Å². The van der Waals surface area contributed by atoms with E-state index < -0.39 is 6.09 Å². The largest absolute Gasteiger partial charge is 0.412 e. The summed E-state index contributed by atoms with van der Waals surface area (Å²) in [5, 5.41) is 2.77. The van der Waals surface area contributed by atoms with Crippen molar-refractivity contribution in [1.29, 1.82) is 0 Å². The molecule has 1 fully saturated rings. The Hall–Kier alpha value is -3.57. The van der Waals surface area contributed by atoms with E-state index in [1.807, 2.05) is 48.5 Å². The molecule has 5 nitrogen and oxygen atoms in total. The Balaban J connectivity index is 1.13. The number of carbonyl (C=O) groups excluding carboxylic acids is 1. The first-order valence-corrected chi connectivity index (χ1v) is 11.1. The summed E-state index contributed by atoms with van der Waals surface area (Å²) in [7, 11) is 0. The summed E-state index contributed by atoms with van der Waals surface area (Å²) in [5.41, 5.74) is 3.51. The molecule has 0 saturated carbocycles. The van der Waals surface area contributed by atoms with Gasteiger partial charge >= 0.3 is 6.09 Å². The topological polar surface area (TPSA) is 44.8 Å². The van der Waals surface area contributed by atoms with Gasteiger partial charge in [-0.3, -0.25) is 4.90 Å². The molecule has 0 aromatic heterocycles. The van der Waals surface area contributed by atoms with Crippen LogP contribution >= 0.6 is 0 Å². The second kappa shape index (κ2) is 11.2. The third kappa shape index (κ3) is 6.22. The molecule has 0 spiro atoms. The molecule has 0 radical (unpaired) electrons. The highest BCUT2D eigenvalue weighted by molar-refractivity contribution is 5.71. The molecule has 1 heterocycles. The Kier molecular flexibility index (Phi) is 7.55. The molecule has 3 aromatic carbocycles. The number of benzene rings is 3. The number of rotatable bonds is 7. The average molecular weight is 428 g/mol. The van der Waals surface area contributed by atoms with Gasteiger partial charge in [0, 0.05) is 45.0 Å². The van der Waals surface area contributed by atoms with Crippen LogP contribution in [0.25, 0.3) is 11.1 Å². The molecule has 0 unspecified atom stereocenters. The van der Waals surface area contributed by atoms with Crippen molar-refractivity contribution in [3.63, 3.8) is 0 Å². The van der Waals surface area contributed by atoms with Crippen LogP contribution in [-0.2, 0) is 0 Å². The number of anilines is 1. The highest BCUT2D eigenvalue weighted by atomic mass is 16.5. The van der Waals surface area contributed by atoms with Gasteiger partial charge < -0.3 is 15.0 Å². The maximum Gasteiger partial charge on any atom is 0.412 e. The van der Waals surface area contributed by atoms with Gasteiger partial charge in [0.25, 0.3) is 0 Å². The standard InChI is InChI=1S/C27H29N3O2/c31-27(32-26-15-13-24(14-16-26)23-9-3-1-4-10-23)28-17-7-8-18-29-19-21-30(22-20-29)25-11-5-2-6-12-25/h1-16H,17-22H2,(H,28,31)/b8-7+. The predicted octanol–water partition coefficient (Wildman–Crippen LogP) is 4.82. The minimum Gasteiger partial charge on any atom is -0.410 e. The fourth-order valence-corrected chi connectivity index (χ4v) is 3.77. The van der Waals surface area contributed by atoms with Crippen LogP contribution in [0, 0.1) is 0 Å². The van der Waals surface area contributed by atoms with E-state index in [0.717, 1.165) is 43.9 Å². The van der Waals surface area contributed by atoms with E-state index in [0.29, 0.717) is 12.3 Å². The Morgan fingerprint density at radius 3 is 2.09 bits per heavy atom. The zero-order valence-electron chi connectivity index (χ0n) is 18.2. The van der Waals surface area contributed by atoms with Crippen molar-refractivity contribution in [2.45, 2.75) is 0 Å². The van der Waals surface area contributed by atoms with E-state index in [1.54, 1.807) is 0 Å². The van der Waals surface area contributed by atoms with E-state index in [2.05, 4.69) is 63.7 Å². The van der Waals surface area contributed by atoms with Crippen molar-refractivity contribution in [2.75, 3.05) is 44.2 Å². The third-order valence-electron chi connectivity index (χ3n) is 5.56. The molecule has 1 aliphatic heterocycles. The zero-order chi connectivity index (χ0) is 22.0. The molecule has 5 heteroatoms. The predicted molar refractivity (Wildman–Crippen MR) is 130 cm³/mol. The minimum absolute atomic E-state index is 0.446. The summed E-state index contributed by atoms with van der Waals surface area (Å²) in [6, 6.07) is 28.2. The van der Waals surface area contributed by atoms with E-state index in [-0.39, 0.29) is 0 Å². The van der Waals surface area contributed by atoms with Crippen molar-refractivity contribution in [1.82, 2.24) is 10.2 Å². The molecule has 1 saturated heterocycles. The lowest BCUT2D eigenvalue weighted by Gasteiger charge is -2.35. The van der Waals surface area contributed by atoms with Crippen molar-refractivity contribution in [2.24, 2.45) is 0 Å². The summed E-state index contributed by atoms with van der Waals surface area (Å²) < 4.78 is 5.36. The van der Waals surface area contributed by atoms with Gasteiger partial charge in [-0.25, -0.2) is 4.79 Å². The van der Waals surface area contributed by atoms with Crippen molar-refractivity contribution >= 4 is 11.8 Å². The summed E-state index contributed by atoms with van der Waals surface area (Å²) in [4.78, 5) is 16.9. The lowest BCUT2D eigenvalue weighted by atomic mass is 10.1. The van der Waals surface area contributed by atoms with Crippen LogP contribution in [0.4, 0.5) is 10.5 Å². The van der Waals surface area contributed by atoms with Gasteiger partial charge in [0.1, 0.15) is 5.75 Å². The lowest BCUT2D eigenvalue weighted by Crippen LogP contribution is -2.46. The molecule has 0 bridgehead atoms. The number of piperazine rings is 1. The van der Waals surface area contributed by atoms with E-state index in [4.69, 9.17) is 4.74 Å². The first-order valence-electron chi connectivity index (χ1n) is 11.1. The van der Waals surface area contributed by atoms with Gasteiger partial charge in [-0.05, 0) is 35.4 Å². The maximum absolute atomic E-state index is 12.0. The molecule has 1 aliphatic rings. The molecule has 1 amide bonds. The summed E-state index contributed by atoms with van der Waals surface area (Å²) in [5.74, 6) is 0.530. The lowest BCUT2D eigenvalue weighted by molar-refractivity contribution is 0.201. The van der Waals surface area contributed by atoms with Gasteiger partial charge in [0.15, 0.2) is 0 Å². The van der Waals surface area contributed by atoms with E-state index in [9.17, 15) is 4.79 Å². The van der Waals surface area contributed by atoms with Crippen LogP contribution in [0.5, 0.6) is 5.75 Å². The number of hydrogen-bond donors (Lipinski definition) is 1. The quantitative estimate of drug-likeness (QED) is 0.549. The molecule has 0 aliphatic carbocycles. The molecule has 3 aromatic rings. The third-order valence-corrected chi connectivity index (χ3v) is 5.56. The van der Waals surface area contributed by atoms with Crippen LogP contribution in [-0.4, -0.2) is 50.3 Å². The van der Waals surface area contributed by atoms with Gasteiger partial charge in [-0.1, -0.05) is 72.8 Å². The summed E-state index contributed by atoms with van der Waals surface area (Å²) >= 11 is 0. The van der Waals surface area contributed by atoms with Crippen LogP contribution in [0.3, 0.4) is 0 Å². The van der Waals surface area contributed by atoms with Crippen molar-refractivity contribution < 1.29 is 9.53 Å². The van der Waals surface area contributed by atoms with E-state index >= 15 is 0 Å². The van der Waals surface area contributed by atoms with E-state index in [1.165, 1.54) is 5.69 Å². The van der Waals surface area contributed by atoms with Crippen LogP contribution in [0.1, 0.15) is 0 Å². The molecule has 164 valence electrons. The molecular formula is C27H29N3O2. The number of carbonyl (C=O) groups is 1. The van der Waals surface area contributed by atoms with Crippen LogP contribution in [0.2, 0.25) is 0 Å². The highest BCUT2D eigenvalue weighted by Gasteiger charge is 2.15. The highest BCUT2D eigenvalue weighted by Crippen LogP contribution is 2.22. The fourth-order valence-electron chi connectivity index (χ4n) is 3.77. The van der Waals surface area contributed by atoms with Gasteiger partial charge in [0.2, 0.25) is 0 Å². The number of nitrogens with one attached hydrogen (secondary N) is 1. The monoisotopic (exact) mass is 427 g/mol. The Morgan fingerprint density at radius 2 is 1.41 bits per heavy atom. The minimum atomic E-state index is -0.446. The Labute approximate surface area is 189 Å². The number of ether oxygens (including phenoxy) is 1. The number of nitrogens with zero attached hydrogens (tertiary/aromatic N) is 2. The van der Waals surface area contributed by atoms with Gasteiger partial charge in [0.05, 0.1) is 0 Å². The van der Waals surface area contributed by atoms with Crippen LogP contribution < -0.4 is 15.0 Å². The first kappa shape index (κ1) is 21.7. The average Bonchev–Trinajstić information content (AvgIpc) is 2.86.